The molecule has 0 aliphatic rings. The van der Waals surface area contributed by atoms with Crippen molar-refractivity contribution in [2.75, 3.05) is 7.05 Å². The lowest BCUT2D eigenvalue weighted by atomic mass is 10.2. The molecular formula is C13H11FN2O3S. The Kier molecular flexibility index (Phi) is 4.09. The second kappa shape index (κ2) is 5.79. The fraction of sp³-hybridized carbons (Fsp3) is 0.154. The highest BCUT2D eigenvalue weighted by atomic mass is 32.1. The van der Waals surface area contributed by atoms with Crippen LogP contribution < -0.4 is 0 Å². The third kappa shape index (κ3) is 3.18. The zero-order valence-corrected chi connectivity index (χ0v) is 11.4. The molecule has 0 fully saturated rings. The maximum atomic E-state index is 12.8. The van der Waals surface area contributed by atoms with E-state index in [4.69, 9.17) is 0 Å². The van der Waals surface area contributed by atoms with Crippen molar-refractivity contribution in [1.82, 2.24) is 4.90 Å². The van der Waals surface area contributed by atoms with Crippen molar-refractivity contribution in [3.05, 3.63) is 62.8 Å². The van der Waals surface area contributed by atoms with Crippen molar-refractivity contribution in [3.63, 3.8) is 0 Å². The maximum absolute atomic E-state index is 12.8. The first-order valence-corrected chi connectivity index (χ1v) is 6.53. The molecule has 0 bridgehead atoms. The monoisotopic (exact) mass is 294 g/mol. The van der Waals surface area contributed by atoms with Crippen LogP contribution in [-0.4, -0.2) is 22.8 Å². The van der Waals surface area contributed by atoms with E-state index in [0.717, 1.165) is 16.9 Å². The first kappa shape index (κ1) is 14.1. The van der Waals surface area contributed by atoms with Crippen molar-refractivity contribution in [2.24, 2.45) is 0 Å². The molecule has 0 unspecified atom stereocenters. The average molecular weight is 294 g/mol. The van der Waals surface area contributed by atoms with Gasteiger partial charge in [-0.25, -0.2) is 4.39 Å². The molecule has 0 aliphatic heterocycles. The molecule has 0 atom stereocenters. The van der Waals surface area contributed by atoms with Crippen LogP contribution in [0.1, 0.15) is 15.2 Å². The number of benzene rings is 1. The van der Waals surface area contributed by atoms with Gasteiger partial charge in [0.05, 0.1) is 9.80 Å². The normalized spacial score (nSPS) is 10.3. The van der Waals surface area contributed by atoms with E-state index in [1.165, 1.54) is 29.2 Å². The van der Waals surface area contributed by atoms with E-state index in [1.54, 1.807) is 19.2 Å². The predicted molar refractivity (Wildman–Crippen MR) is 73.2 cm³/mol. The van der Waals surface area contributed by atoms with Crippen LogP contribution in [0.2, 0.25) is 0 Å². The summed E-state index contributed by atoms with van der Waals surface area (Å²) in [6, 6.07) is 8.58. The molecule has 2 aromatic rings. The van der Waals surface area contributed by atoms with Gasteiger partial charge in [-0.3, -0.25) is 14.9 Å². The van der Waals surface area contributed by atoms with Crippen molar-refractivity contribution >= 4 is 22.2 Å². The van der Waals surface area contributed by atoms with Crippen molar-refractivity contribution < 1.29 is 14.1 Å². The molecule has 1 aromatic heterocycles. The number of halogens is 1. The predicted octanol–water partition coefficient (Wildman–Crippen LogP) is 3.07. The standard InChI is InChI=1S/C13H11FN2O3S/c1-15(8-9-2-4-10(14)5-3-9)13(17)11-6-7-12(20-11)16(18)19/h2-7H,8H2,1H3. The van der Waals surface area contributed by atoms with Gasteiger partial charge in [0.25, 0.3) is 5.91 Å². The minimum absolute atomic E-state index is 0.0662. The minimum atomic E-state index is -0.526. The zero-order valence-electron chi connectivity index (χ0n) is 10.6. The topological polar surface area (TPSA) is 63.5 Å². The first-order valence-electron chi connectivity index (χ1n) is 5.71. The van der Waals surface area contributed by atoms with Crippen LogP contribution in [0.4, 0.5) is 9.39 Å². The van der Waals surface area contributed by atoms with Crippen LogP contribution in [0.25, 0.3) is 0 Å². The Balaban J connectivity index is 2.07. The molecule has 0 aliphatic carbocycles. The molecular weight excluding hydrogens is 283 g/mol. The van der Waals surface area contributed by atoms with Gasteiger partial charge >= 0.3 is 5.00 Å². The molecule has 1 heterocycles. The minimum Gasteiger partial charge on any atom is -0.337 e. The molecule has 0 saturated heterocycles. The SMILES string of the molecule is CN(Cc1ccc(F)cc1)C(=O)c1ccc([N+](=O)[O-])s1. The fourth-order valence-electron chi connectivity index (χ4n) is 1.66. The number of carbonyl (C=O) groups excluding carboxylic acids is 1. The summed E-state index contributed by atoms with van der Waals surface area (Å²) in [5.74, 6) is -0.635. The lowest BCUT2D eigenvalue weighted by Gasteiger charge is -2.16. The van der Waals surface area contributed by atoms with Crippen molar-refractivity contribution in [2.45, 2.75) is 6.54 Å². The third-order valence-electron chi connectivity index (χ3n) is 2.66. The summed E-state index contributed by atoms with van der Waals surface area (Å²) < 4.78 is 12.8. The van der Waals surface area contributed by atoms with Gasteiger partial charge in [-0.2, -0.15) is 0 Å². The molecule has 0 spiro atoms. The molecule has 0 radical (unpaired) electrons. The van der Waals surface area contributed by atoms with Crippen LogP contribution in [-0.2, 0) is 6.54 Å². The number of rotatable bonds is 4. The Morgan fingerprint density at radius 2 is 1.95 bits per heavy atom. The average Bonchev–Trinajstić information content (AvgIpc) is 2.90. The van der Waals surface area contributed by atoms with Gasteiger partial charge in [-0.05, 0) is 23.8 Å². The third-order valence-corrected chi connectivity index (χ3v) is 3.69. The van der Waals surface area contributed by atoms with Gasteiger partial charge in [0.1, 0.15) is 5.82 Å². The second-order valence-electron chi connectivity index (χ2n) is 4.18. The summed E-state index contributed by atoms with van der Waals surface area (Å²) in [6.45, 7) is 0.310. The Hall–Kier alpha value is -2.28. The van der Waals surface area contributed by atoms with Gasteiger partial charge in [-0.15, -0.1) is 0 Å². The second-order valence-corrected chi connectivity index (χ2v) is 5.24. The van der Waals surface area contributed by atoms with Crippen LogP contribution >= 0.6 is 11.3 Å². The van der Waals surface area contributed by atoms with Gasteiger partial charge < -0.3 is 4.90 Å². The molecule has 20 heavy (non-hydrogen) atoms. The molecule has 0 saturated carbocycles. The lowest BCUT2D eigenvalue weighted by Crippen LogP contribution is -2.25. The van der Waals surface area contributed by atoms with E-state index >= 15 is 0 Å². The van der Waals surface area contributed by atoms with Gasteiger partial charge in [0.2, 0.25) is 0 Å². The van der Waals surface area contributed by atoms with E-state index in [2.05, 4.69) is 0 Å². The first-order chi connectivity index (χ1) is 9.47. The van der Waals surface area contributed by atoms with Crippen LogP contribution in [0.15, 0.2) is 36.4 Å². The highest BCUT2D eigenvalue weighted by Gasteiger charge is 2.18. The number of nitrogens with zero attached hydrogens (tertiary/aromatic N) is 2. The Bertz CT molecular complexity index is 639. The van der Waals surface area contributed by atoms with Gasteiger partial charge in [0.15, 0.2) is 0 Å². The summed E-state index contributed by atoms with van der Waals surface area (Å²) in [7, 11) is 1.59. The van der Waals surface area contributed by atoms with Crippen molar-refractivity contribution in [3.8, 4) is 0 Å². The Morgan fingerprint density at radius 1 is 1.30 bits per heavy atom. The van der Waals surface area contributed by atoms with Crippen LogP contribution in [0, 0.1) is 15.9 Å². The molecule has 7 heteroatoms. The smallest absolute Gasteiger partial charge is 0.324 e. The quantitative estimate of drug-likeness (QED) is 0.643. The Labute approximate surface area is 118 Å². The van der Waals surface area contributed by atoms with E-state index in [0.29, 0.717) is 11.4 Å². The summed E-state index contributed by atoms with van der Waals surface area (Å²) in [4.78, 5) is 23.9. The van der Waals surface area contributed by atoms with E-state index in [1.807, 2.05) is 0 Å². The number of amides is 1. The number of nitro groups is 1. The summed E-state index contributed by atoms with van der Waals surface area (Å²) in [6.07, 6.45) is 0. The molecule has 2 rings (SSSR count). The summed E-state index contributed by atoms with van der Waals surface area (Å²) >= 11 is 0.840. The van der Waals surface area contributed by atoms with Gasteiger partial charge in [-0.1, -0.05) is 23.5 Å². The summed E-state index contributed by atoms with van der Waals surface area (Å²) in [5.41, 5.74) is 0.785. The maximum Gasteiger partial charge on any atom is 0.324 e. The highest BCUT2D eigenvalue weighted by Crippen LogP contribution is 2.25. The van der Waals surface area contributed by atoms with Crippen molar-refractivity contribution in [1.29, 1.82) is 0 Å². The van der Waals surface area contributed by atoms with Crippen LogP contribution in [0.3, 0.4) is 0 Å². The number of hydrogen-bond acceptors (Lipinski definition) is 4. The number of hydrogen-bond donors (Lipinski definition) is 0. The van der Waals surface area contributed by atoms with E-state index in [-0.39, 0.29) is 16.7 Å². The largest absolute Gasteiger partial charge is 0.337 e. The Morgan fingerprint density at radius 3 is 2.50 bits per heavy atom. The van der Waals surface area contributed by atoms with E-state index in [9.17, 15) is 19.3 Å². The number of carbonyl (C=O) groups is 1. The fourth-order valence-corrected chi connectivity index (χ4v) is 2.48. The van der Waals surface area contributed by atoms with Crippen LogP contribution in [0.5, 0.6) is 0 Å². The molecule has 5 nitrogen and oxygen atoms in total. The molecule has 0 N–H and O–H groups in total. The molecule has 104 valence electrons. The number of thiophene rings is 1. The molecule has 1 aromatic carbocycles. The highest BCUT2D eigenvalue weighted by molar-refractivity contribution is 7.17. The van der Waals surface area contributed by atoms with E-state index < -0.39 is 4.92 Å². The zero-order chi connectivity index (χ0) is 14.7. The summed E-state index contributed by atoms with van der Waals surface area (Å²) in [5, 5.41) is 10.5. The lowest BCUT2D eigenvalue weighted by molar-refractivity contribution is -0.380. The molecule has 1 amide bonds. The van der Waals surface area contributed by atoms with Gasteiger partial charge in [0, 0.05) is 19.7 Å².